The van der Waals surface area contributed by atoms with Crippen LogP contribution in [-0.2, 0) is 150 Å². The number of carbonyl (C=O) groups is 2. The molecule has 8 nitrogen and oxygen atoms in total. The predicted molar refractivity (Wildman–Crippen MR) is 113 cm³/mol. The van der Waals surface area contributed by atoms with E-state index in [0.717, 1.165) is 11.1 Å². The largest absolute Gasteiger partial charge is 0.656 e. The average Bonchev–Trinajstić information content (AvgIpc) is 2.54. The van der Waals surface area contributed by atoms with E-state index in [4.69, 9.17) is 0 Å². The molecule has 0 rings (SSSR count). The van der Waals surface area contributed by atoms with Crippen LogP contribution in [0.15, 0.2) is 0 Å². The maximum atomic E-state index is 10.0. The van der Waals surface area contributed by atoms with E-state index in [9.17, 15) is 19.2 Å². The maximum Gasteiger partial charge on any atom is 0.286 e. The van der Waals surface area contributed by atoms with Crippen LogP contribution in [0, 0.1) is 29.7 Å². The molecule has 12 heteroatoms. The van der Waals surface area contributed by atoms with Gasteiger partial charge >= 0.3 is 0 Å². The van der Waals surface area contributed by atoms with Crippen LogP contribution in [0.5, 0.6) is 0 Å². The minimum absolute atomic E-state index is 0. The number of nitrogens with zero attached hydrogens (tertiary/aromatic N) is 4. The molecule has 0 aliphatic carbocycles. The molecule has 0 aromatic heterocycles. The molecule has 4 amide bonds. The standard InChI is InChI=1S/C4H8NO.C4H9NO.C3H5NO.C3H7NO.4CH3.4Y/c1-3-5(2)4-6;1-3-4(6)5-2;1-4(2)3-5;1-3(5)4-2;;;;;;;;/h3H2,1-2H3;3H2,1-2H3,(H,5,6);1H2,2H3;1-2H3,(H,4,5);4*1H3;;;;/q-1;;;;4*-1;;;;/p-2. The van der Waals surface area contributed by atoms with Gasteiger partial charge in [-0.15, -0.1) is 14.1 Å². The van der Waals surface area contributed by atoms with Crippen molar-refractivity contribution in [2.75, 3.05) is 34.7 Å². The fourth-order valence-electron chi connectivity index (χ4n) is 0.223. The summed E-state index contributed by atoms with van der Waals surface area (Å²) >= 11 is 0. The van der Waals surface area contributed by atoms with Gasteiger partial charge in [0.2, 0.25) is 0 Å². The van der Waals surface area contributed by atoms with Crippen molar-refractivity contribution < 1.29 is 155 Å². The molecule has 0 aromatic rings. The molecule has 0 spiro atoms. The summed E-state index contributed by atoms with van der Waals surface area (Å²) < 4.78 is 1.07. The van der Waals surface area contributed by atoms with Gasteiger partial charge in [-0.3, -0.25) is 0 Å². The molecule has 0 aromatic carbocycles. The van der Waals surface area contributed by atoms with Crippen molar-refractivity contribution >= 4 is 31.4 Å². The molecular formula is C18H39N4O4Y4-7. The van der Waals surface area contributed by atoms with Crippen molar-refractivity contribution in [1.29, 1.82) is 0 Å². The summed E-state index contributed by atoms with van der Waals surface area (Å²) in [4.78, 5) is 39.9. The van der Waals surface area contributed by atoms with Crippen LogP contribution in [0.3, 0.4) is 0 Å². The Morgan fingerprint density at radius 1 is 0.933 bits per heavy atom. The summed E-state index contributed by atoms with van der Waals surface area (Å²) in [6.45, 7) is 9.00. The van der Waals surface area contributed by atoms with Gasteiger partial charge in [0.15, 0.2) is 0 Å². The molecule has 0 fully saturated rings. The van der Waals surface area contributed by atoms with Gasteiger partial charge in [-0.05, 0) is 33.7 Å². The minimum Gasteiger partial charge on any atom is -0.656 e. The van der Waals surface area contributed by atoms with Crippen LogP contribution < -0.4 is 0 Å². The third-order valence-electron chi connectivity index (χ3n) is 1.65. The van der Waals surface area contributed by atoms with E-state index in [0.29, 0.717) is 6.42 Å². The van der Waals surface area contributed by atoms with Gasteiger partial charge in [-0.25, -0.2) is 0 Å². The van der Waals surface area contributed by atoms with Crippen LogP contribution in [0.25, 0.3) is 10.6 Å². The molecule has 0 saturated carbocycles. The number of carbonyl (C=O) groups excluding carboxylic acids is 4. The molecular weight excluding hydrogens is 692 g/mol. The fourth-order valence-corrected chi connectivity index (χ4v) is 0.223. The third-order valence-corrected chi connectivity index (χ3v) is 1.65. The number of hydrogen-bond acceptors (Lipinski definition) is 4. The van der Waals surface area contributed by atoms with E-state index in [-0.39, 0.29) is 172 Å². The van der Waals surface area contributed by atoms with Crippen molar-refractivity contribution in [1.82, 2.24) is 4.90 Å². The summed E-state index contributed by atoms with van der Waals surface area (Å²) in [5, 5.41) is 6.62. The summed E-state index contributed by atoms with van der Waals surface area (Å²) in [5.41, 5.74) is 0. The fraction of sp³-hybridized carbons (Fsp3) is 0.500. The van der Waals surface area contributed by atoms with E-state index >= 15 is 0 Å². The Morgan fingerprint density at radius 3 is 1.20 bits per heavy atom. The zero-order valence-electron chi connectivity index (χ0n) is 20.9. The van der Waals surface area contributed by atoms with Gasteiger partial charge in [0.05, 0.1) is 5.91 Å². The van der Waals surface area contributed by atoms with Crippen molar-refractivity contribution in [2.24, 2.45) is 0 Å². The average molecular weight is 731 g/mol. The molecule has 0 aliphatic heterocycles. The second-order valence-corrected chi connectivity index (χ2v) is 3.61. The molecule has 4 radical (unpaired) electrons. The minimum atomic E-state index is -0.120. The zero-order chi connectivity index (χ0) is 18.6. The summed E-state index contributed by atoms with van der Waals surface area (Å²) in [5.74, 6) is -0.153. The van der Waals surface area contributed by atoms with Gasteiger partial charge in [-0.1, -0.05) is 13.8 Å². The zero-order valence-corrected chi connectivity index (χ0v) is 32.2. The number of rotatable bonds is 4. The summed E-state index contributed by atoms with van der Waals surface area (Å²) in [7, 11) is 6.19. The normalized spacial score (nSPS) is 5.30. The Bertz CT molecular complexity index is 333. The van der Waals surface area contributed by atoms with E-state index in [2.05, 4.69) is 17.4 Å². The van der Waals surface area contributed by atoms with Crippen molar-refractivity contribution in [3.8, 4) is 0 Å². The van der Waals surface area contributed by atoms with Gasteiger partial charge < -0.3 is 69.0 Å². The molecule has 0 aliphatic rings. The van der Waals surface area contributed by atoms with E-state index in [1.54, 1.807) is 20.4 Å². The topological polar surface area (TPSA) is 103 Å². The Labute approximate surface area is 288 Å². The Morgan fingerprint density at radius 2 is 1.20 bits per heavy atom. The molecule has 0 bridgehead atoms. The molecule has 174 valence electrons. The Kier molecular flexibility index (Phi) is 179. The van der Waals surface area contributed by atoms with Crippen LogP contribution >= 0.6 is 0 Å². The van der Waals surface area contributed by atoms with Crippen molar-refractivity contribution in [3.63, 3.8) is 0 Å². The van der Waals surface area contributed by atoms with E-state index < -0.39 is 0 Å². The second-order valence-electron chi connectivity index (χ2n) is 3.61. The quantitative estimate of drug-likeness (QED) is 0.192. The van der Waals surface area contributed by atoms with Crippen molar-refractivity contribution in [3.05, 3.63) is 40.3 Å². The van der Waals surface area contributed by atoms with Crippen LogP contribution in [-0.4, -0.2) is 75.6 Å². The van der Waals surface area contributed by atoms with Crippen LogP contribution in [0.2, 0.25) is 0 Å². The first-order valence-electron chi connectivity index (χ1n) is 6.40. The molecule has 0 N–H and O–H groups in total. The van der Waals surface area contributed by atoms with Gasteiger partial charge in [0.1, 0.15) is 7.05 Å². The number of hydrogen-bond donors (Lipinski definition) is 0. The van der Waals surface area contributed by atoms with E-state index in [1.807, 2.05) is 6.92 Å². The summed E-state index contributed by atoms with van der Waals surface area (Å²) in [6.07, 6.45) is 3.72. The molecule has 0 saturated heterocycles. The van der Waals surface area contributed by atoms with Gasteiger partial charge in [0, 0.05) is 137 Å². The van der Waals surface area contributed by atoms with Gasteiger partial charge in [0.25, 0.3) is 6.41 Å². The first-order chi connectivity index (χ1) is 10.2. The predicted octanol–water partition coefficient (Wildman–Crippen LogP) is 2.66. The van der Waals surface area contributed by atoms with Crippen LogP contribution in [0.4, 0.5) is 0 Å². The maximum absolute atomic E-state index is 10.0. The van der Waals surface area contributed by atoms with Gasteiger partial charge in [-0.2, -0.15) is 6.41 Å². The molecule has 0 atom stereocenters. The first-order valence-corrected chi connectivity index (χ1v) is 6.40. The first kappa shape index (κ1) is 76.8. The van der Waals surface area contributed by atoms with Crippen LogP contribution in [0.1, 0.15) is 27.2 Å². The smallest absolute Gasteiger partial charge is 0.286 e. The Hall–Kier alpha value is 2.17. The SMILES string of the molecule is C=[N+](C)[C-]=O.CCC(=O)[N-]C.CCN(C)[C-]=O.C[N-]C(C)=O.[CH3-].[CH3-].[CH3-].[CH3-].[Y].[Y].[Y].[Y]. The molecule has 0 unspecified atom stereocenters. The van der Waals surface area contributed by atoms with Crippen molar-refractivity contribution in [2.45, 2.75) is 27.2 Å². The monoisotopic (exact) mass is 731 g/mol. The summed E-state index contributed by atoms with van der Waals surface area (Å²) in [6, 6.07) is 0. The number of amides is 4. The Balaban J connectivity index is -0.0000000133. The third kappa shape index (κ3) is 128. The molecule has 0 heterocycles. The second kappa shape index (κ2) is 69.7. The molecule has 30 heavy (non-hydrogen) atoms. The van der Waals surface area contributed by atoms with E-state index in [1.165, 1.54) is 39.4 Å².